The molecule has 0 amide bonds. The van der Waals surface area contributed by atoms with Crippen molar-refractivity contribution in [3.63, 3.8) is 0 Å². The molecule has 0 fully saturated rings. The Labute approximate surface area is 99.9 Å². The Morgan fingerprint density at radius 1 is 1.06 bits per heavy atom. The highest BCUT2D eigenvalue weighted by molar-refractivity contribution is 8.31. The van der Waals surface area contributed by atoms with Crippen LogP contribution in [0.15, 0.2) is 24.3 Å². The van der Waals surface area contributed by atoms with Gasteiger partial charge in [0.15, 0.2) is 0 Å². The zero-order valence-electron chi connectivity index (χ0n) is 7.92. The minimum atomic E-state index is -4.21. The van der Waals surface area contributed by atoms with Gasteiger partial charge in [-0.25, -0.2) is 0 Å². The van der Waals surface area contributed by atoms with E-state index in [2.05, 4.69) is 21.4 Å². The van der Waals surface area contributed by atoms with Gasteiger partial charge in [-0.3, -0.25) is 0 Å². The predicted octanol–water partition coefficient (Wildman–Crippen LogP) is 3.72. The Morgan fingerprint density at radius 2 is 1.38 bits per heavy atom. The van der Waals surface area contributed by atoms with Gasteiger partial charge in [-0.05, 0) is 19.1 Å². The summed E-state index contributed by atoms with van der Waals surface area (Å²) in [6, 6.07) is 5.05. The van der Waals surface area contributed by atoms with Gasteiger partial charge < -0.3 is 0 Å². The van der Waals surface area contributed by atoms with Crippen LogP contribution in [0.2, 0.25) is 0 Å². The molecule has 0 bridgehead atoms. The first-order valence-corrected chi connectivity index (χ1v) is 6.92. The minimum Gasteiger partial charge on any atom is -0.195 e. The fourth-order valence-corrected chi connectivity index (χ4v) is 0.743. The van der Waals surface area contributed by atoms with Crippen molar-refractivity contribution < 1.29 is 21.6 Å². The van der Waals surface area contributed by atoms with E-state index in [1.165, 1.54) is 12.1 Å². The van der Waals surface area contributed by atoms with Crippen molar-refractivity contribution in [1.29, 1.82) is 0 Å². The van der Waals surface area contributed by atoms with Gasteiger partial charge in [0.1, 0.15) is 0 Å². The van der Waals surface area contributed by atoms with Gasteiger partial charge in [-0.1, -0.05) is 17.7 Å². The second-order valence-corrected chi connectivity index (χ2v) is 6.41. The number of halogens is 5. The van der Waals surface area contributed by atoms with Gasteiger partial charge in [-0.2, -0.15) is 21.6 Å². The van der Waals surface area contributed by atoms with Crippen LogP contribution in [0.4, 0.5) is 13.2 Å². The summed E-state index contributed by atoms with van der Waals surface area (Å²) >= 11 is 0. The van der Waals surface area contributed by atoms with Crippen molar-refractivity contribution in [3.05, 3.63) is 35.4 Å². The molecule has 0 N–H and O–H groups in total. The molecule has 0 spiro atoms. The van der Waals surface area contributed by atoms with Crippen LogP contribution in [0, 0.1) is 6.92 Å². The first-order valence-electron chi connectivity index (χ1n) is 3.78. The highest BCUT2D eigenvalue weighted by atomic mass is 36.0. The molecule has 0 saturated heterocycles. The second kappa shape index (κ2) is 5.75. The molecule has 0 heterocycles. The molecule has 1 rings (SSSR count). The zero-order chi connectivity index (χ0) is 13.0. The van der Waals surface area contributed by atoms with E-state index >= 15 is 0 Å². The largest absolute Gasteiger partial charge is 0.416 e. The van der Waals surface area contributed by atoms with Crippen molar-refractivity contribution in [2.24, 2.45) is 0 Å². The van der Waals surface area contributed by atoms with Crippen molar-refractivity contribution in [2.75, 3.05) is 0 Å². The maximum atomic E-state index is 11.9. The quantitative estimate of drug-likeness (QED) is 0.684. The molecule has 0 aliphatic rings. The molecule has 0 radical (unpaired) electrons. The zero-order valence-corrected chi connectivity index (χ0v) is 10.3. The highest BCUT2D eigenvalue weighted by Gasteiger charge is 2.29. The normalized spacial score (nSPS) is 11.6. The number of hydrogen-bond acceptors (Lipinski definition) is 2. The molecule has 92 valence electrons. The molecular formula is C8H7Cl2F3O2S. The van der Waals surface area contributed by atoms with E-state index in [1.807, 2.05) is 0 Å². The fourth-order valence-electron chi connectivity index (χ4n) is 0.743. The third kappa shape index (κ3) is 8.82. The van der Waals surface area contributed by atoms with E-state index in [0.29, 0.717) is 0 Å². The van der Waals surface area contributed by atoms with Crippen LogP contribution >= 0.6 is 21.4 Å². The summed E-state index contributed by atoms with van der Waals surface area (Å²) in [4.78, 5) is 0. The second-order valence-electron chi connectivity index (χ2n) is 2.74. The summed E-state index contributed by atoms with van der Waals surface area (Å²) in [7, 11) is 4.81. The van der Waals surface area contributed by atoms with E-state index < -0.39 is 20.0 Å². The van der Waals surface area contributed by atoms with Crippen LogP contribution in [0.3, 0.4) is 0 Å². The smallest absolute Gasteiger partial charge is 0.195 e. The average Bonchev–Trinajstić information content (AvgIpc) is 1.99. The number of rotatable bonds is 0. The minimum absolute atomic E-state index is 0.594. The van der Waals surface area contributed by atoms with Crippen LogP contribution in [-0.4, -0.2) is 8.42 Å². The van der Waals surface area contributed by atoms with Crippen LogP contribution in [0.5, 0.6) is 0 Å². The predicted molar refractivity (Wildman–Crippen MR) is 56.8 cm³/mol. The number of alkyl halides is 3. The monoisotopic (exact) mass is 294 g/mol. The lowest BCUT2D eigenvalue weighted by atomic mass is 10.1. The molecular weight excluding hydrogens is 288 g/mol. The van der Waals surface area contributed by atoms with E-state index in [-0.39, 0.29) is 0 Å². The van der Waals surface area contributed by atoms with Crippen LogP contribution in [-0.2, 0) is 14.4 Å². The summed E-state index contributed by atoms with van der Waals surface area (Å²) < 4.78 is 54.1. The first kappa shape index (κ1) is 15.5. The average molecular weight is 295 g/mol. The Morgan fingerprint density at radius 3 is 1.62 bits per heavy atom. The molecule has 8 heteroatoms. The molecule has 0 saturated carbocycles. The Bertz CT molecular complexity index is 418. The Balaban J connectivity index is 0.000000385. The van der Waals surface area contributed by atoms with Crippen LogP contribution in [0.1, 0.15) is 11.1 Å². The summed E-state index contributed by atoms with van der Waals surface area (Å²) in [5.41, 5.74) is 0.237. The SMILES string of the molecule is Cc1ccc(C(F)(F)F)cc1.O=S(=O)(Cl)Cl. The topological polar surface area (TPSA) is 34.1 Å². The molecule has 16 heavy (non-hydrogen) atoms. The van der Waals surface area contributed by atoms with E-state index in [1.54, 1.807) is 6.92 Å². The fraction of sp³-hybridized carbons (Fsp3) is 0.250. The molecule has 2 nitrogen and oxygen atoms in total. The number of benzene rings is 1. The van der Waals surface area contributed by atoms with E-state index in [0.717, 1.165) is 17.7 Å². The molecule has 0 aliphatic carbocycles. The van der Waals surface area contributed by atoms with Gasteiger partial charge in [0.05, 0.1) is 5.56 Å². The Hall–Kier alpha value is -0.460. The molecule has 0 aromatic heterocycles. The van der Waals surface area contributed by atoms with Crippen LogP contribution in [0.25, 0.3) is 0 Å². The summed E-state index contributed by atoms with van der Waals surface area (Å²) in [6.45, 7) is 1.75. The molecule has 0 atom stereocenters. The lowest BCUT2D eigenvalue weighted by Gasteiger charge is -2.05. The van der Waals surface area contributed by atoms with Gasteiger partial charge in [0.2, 0.25) is 0 Å². The maximum absolute atomic E-state index is 11.9. The van der Waals surface area contributed by atoms with Gasteiger partial charge in [-0.15, -0.1) is 0 Å². The maximum Gasteiger partial charge on any atom is 0.416 e. The van der Waals surface area contributed by atoms with Gasteiger partial charge in [0.25, 0.3) is 0 Å². The van der Waals surface area contributed by atoms with E-state index in [9.17, 15) is 13.2 Å². The lowest BCUT2D eigenvalue weighted by molar-refractivity contribution is -0.137. The standard InChI is InChI=1S/C8H7F3.Cl2O2S/c1-6-2-4-7(5-3-6)8(9,10)11;1-5(2,3)4/h2-5H,1H3;. The van der Waals surface area contributed by atoms with Gasteiger partial charge >= 0.3 is 14.4 Å². The summed E-state index contributed by atoms with van der Waals surface area (Å²) in [5, 5.41) is 0. The number of aryl methyl sites for hydroxylation is 1. The molecule has 0 aliphatic heterocycles. The third-order valence-electron chi connectivity index (χ3n) is 1.38. The van der Waals surface area contributed by atoms with Crippen molar-refractivity contribution in [2.45, 2.75) is 13.1 Å². The van der Waals surface area contributed by atoms with Gasteiger partial charge in [0, 0.05) is 21.4 Å². The third-order valence-corrected chi connectivity index (χ3v) is 1.38. The van der Waals surface area contributed by atoms with Crippen LogP contribution < -0.4 is 0 Å². The summed E-state index contributed by atoms with van der Waals surface area (Å²) in [6.07, 6.45) is -4.21. The van der Waals surface area contributed by atoms with Crippen molar-refractivity contribution in [1.82, 2.24) is 0 Å². The molecule has 1 aromatic rings. The Kier molecular flexibility index (Phi) is 5.58. The number of hydrogen-bond donors (Lipinski definition) is 0. The first-order chi connectivity index (χ1) is 7.00. The lowest BCUT2D eigenvalue weighted by Crippen LogP contribution is -2.03. The summed E-state index contributed by atoms with van der Waals surface area (Å²) in [5.74, 6) is 0. The molecule has 0 unspecified atom stereocenters. The van der Waals surface area contributed by atoms with Crippen molar-refractivity contribution >= 4 is 29.6 Å². The highest BCUT2D eigenvalue weighted by Crippen LogP contribution is 2.28. The van der Waals surface area contributed by atoms with Crippen molar-refractivity contribution in [3.8, 4) is 0 Å². The van der Waals surface area contributed by atoms with E-state index in [4.69, 9.17) is 8.42 Å². The molecule has 1 aromatic carbocycles.